The zero-order valence-corrected chi connectivity index (χ0v) is 16.7. The lowest BCUT2D eigenvalue weighted by atomic mass is 10.0. The van der Waals surface area contributed by atoms with Crippen molar-refractivity contribution in [1.82, 2.24) is 9.80 Å². The number of aliphatic carboxylic acids is 1. The Hall–Kier alpha value is -1.82. The number of hydrogen-bond acceptors (Lipinski definition) is 4. The van der Waals surface area contributed by atoms with Crippen LogP contribution in [0.3, 0.4) is 0 Å². The Bertz CT molecular complexity index is 727. The van der Waals surface area contributed by atoms with E-state index in [9.17, 15) is 4.79 Å². The maximum Gasteiger partial charge on any atom is 0.317 e. The van der Waals surface area contributed by atoms with E-state index in [1.807, 2.05) is 31.2 Å². The fourth-order valence-corrected chi connectivity index (χ4v) is 3.79. The predicted molar refractivity (Wildman–Crippen MR) is 111 cm³/mol. The summed E-state index contributed by atoms with van der Waals surface area (Å²) in [6.07, 6.45) is 2.05. The number of hydrogen-bond donors (Lipinski definition) is 1. The Morgan fingerprint density at radius 2 is 1.89 bits per heavy atom. The number of piperidine rings is 1. The normalized spacial score (nSPS) is 15.6. The second kappa shape index (κ2) is 10.5. The fraction of sp³-hybridized carbons (Fsp3) is 0.476. The van der Waals surface area contributed by atoms with Gasteiger partial charge in [0.2, 0.25) is 0 Å². The number of fused-ring (bicyclic) bond motifs is 1. The molecule has 148 valence electrons. The van der Waals surface area contributed by atoms with Crippen molar-refractivity contribution < 1.29 is 14.6 Å². The Morgan fingerprint density at radius 3 is 2.59 bits per heavy atom. The minimum absolute atomic E-state index is 0. The Labute approximate surface area is 167 Å². The van der Waals surface area contributed by atoms with Crippen molar-refractivity contribution >= 4 is 29.1 Å². The van der Waals surface area contributed by atoms with Crippen molar-refractivity contribution in [2.45, 2.75) is 25.8 Å². The van der Waals surface area contributed by atoms with Gasteiger partial charge in [0.05, 0.1) is 6.54 Å². The molecule has 1 aliphatic heterocycles. The number of benzene rings is 2. The number of carboxylic acids is 1. The molecule has 0 unspecified atom stereocenters. The summed E-state index contributed by atoms with van der Waals surface area (Å²) < 4.78 is 6.04. The van der Waals surface area contributed by atoms with Crippen LogP contribution in [0.25, 0.3) is 10.8 Å². The molecule has 1 aliphatic rings. The molecule has 5 nitrogen and oxygen atoms in total. The van der Waals surface area contributed by atoms with Crippen molar-refractivity contribution in [1.29, 1.82) is 0 Å². The molecule has 27 heavy (non-hydrogen) atoms. The van der Waals surface area contributed by atoms with Gasteiger partial charge in [0, 0.05) is 18.0 Å². The lowest BCUT2D eigenvalue weighted by molar-refractivity contribution is -0.139. The van der Waals surface area contributed by atoms with Crippen LogP contribution in [0.5, 0.6) is 5.75 Å². The third kappa shape index (κ3) is 5.83. The van der Waals surface area contributed by atoms with Gasteiger partial charge in [-0.1, -0.05) is 43.3 Å². The van der Waals surface area contributed by atoms with Gasteiger partial charge < -0.3 is 9.84 Å². The topological polar surface area (TPSA) is 53.0 Å². The first-order chi connectivity index (χ1) is 12.7. The van der Waals surface area contributed by atoms with Crippen molar-refractivity contribution in [3.63, 3.8) is 0 Å². The second-order valence-electron chi connectivity index (χ2n) is 6.86. The molecule has 2 aromatic rings. The highest BCUT2D eigenvalue weighted by molar-refractivity contribution is 5.88. The van der Waals surface area contributed by atoms with Gasteiger partial charge in [-0.05, 0) is 43.9 Å². The summed E-state index contributed by atoms with van der Waals surface area (Å²) in [6, 6.07) is 14.8. The first-order valence-electron chi connectivity index (χ1n) is 9.46. The van der Waals surface area contributed by atoms with Crippen molar-refractivity contribution in [3.8, 4) is 5.75 Å². The Morgan fingerprint density at radius 1 is 1.19 bits per heavy atom. The summed E-state index contributed by atoms with van der Waals surface area (Å²) in [7, 11) is 0. The summed E-state index contributed by atoms with van der Waals surface area (Å²) in [5, 5.41) is 11.4. The molecule has 0 aromatic heterocycles. The van der Waals surface area contributed by atoms with Gasteiger partial charge in [-0.2, -0.15) is 0 Å². The van der Waals surface area contributed by atoms with E-state index in [-0.39, 0.29) is 19.0 Å². The molecule has 6 heteroatoms. The van der Waals surface area contributed by atoms with Crippen LogP contribution in [0.15, 0.2) is 42.5 Å². The van der Waals surface area contributed by atoms with E-state index in [0.29, 0.717) is 12.6 Å². The zero-order valence-electron chi connectivity index (χ0n) is 15.8. The van der Waals surface area contributed by atoms with Gasteiger partial charge in [0.15, 0.2) is 0 Å². The van der Waals surface area contributed by atoms with E-state index in [2.05, 4.69) is 28.0 Å². The molecule has 0 bridgehead atoms. The third-order valence-electron chi connectivity index (χ3n) is 5.23. The monoisotopic (exact) mass is 392 g/mol. The average Bonchev–Trinajstić information content (AvgIpc) is 2.67. The van der Waals surface area contributed by atoms with Gasteiger partial charge in [0.1, 0.15) is 12.4 Å². The number of likely N-dealkylation sites (tertiary alicyclic amines) is 1. The quantitative estimate of drug-likeness (QED) is 0.745. The molecule has 0 aliphatic carbocycles. The van der Waals surface area contributed by atoms with Gasteiger partial charge in [-0.15, -0.1) is 12.4 Å². The molecule has 0 amide bonds. The molecule has 0 saturated carbocycles. The van der Waals surface area contributed by atoms with E-state index in [1.165, 1.54) is 5.39 Å². The Kier molecular flexibility index (Phi) is 8.35. The van der Waals surface area contributed by atoms with Gasteiger partial charge >= 0.3 is 5.97 Å². The summed E-state index contributed by atoms with van der Waals surface area (Å²) in [4.78, 5) is 15.5. The van der Waals surface area contributed by atoms with Crippen LogP contribution < -0.4 is 4.74 Å². The van der Waals surface area contributed by atoms with Crippen LogP contribution in [0.2, 0.25) is 0 Å². The SMILES string of the molecule is CCN(CC(=O)O)C1CCN(CCOc2cccc3ccccc23)CC1.Cl. The van der Waals surface area contributed by atoms with E-state index in [1.54, 1.807) is 0 Å². The molecular weight excluding hydrogens is 364 g/mol. The number of nitrogens with zero attached hydrogens (tertiary/aromatic N) is 2. The zero-order chi connectivity index (χ0) is 18.4. The maximum absolute atomic E-state index is 11.0. The van der Waals surface area contributed by atoms with Crippen LogP contribution in [-0.2, 0) is 4.79 Å². The predicted octanol–water partition coefficient (Wildman–Crippen LogP) is 3.51. The highest BCUT2D eigenvalue weighted by atomic mass is 35.5. The van der Waals surface area contributed by atoms with E-state index in [4.69, 9.17) is 9.84 Å². The van der Waals surface area contributed by atoms with Gasteiger partial charge in [-0.25, -0.2) is 0 Å². The fourth-order valence-electron chi connectivity index (χ4n) is 3.79. The summed E-state index contributed by atoms with van der Waals surface area (Å²) in [5.74, 6) is 0.203. The van der Waals surface area contributed by atoms with Crippen LogP contribution in [-0.4, -0.2) is 66.2 Å². The van der Waals surface area contributed by atoms with E-state index in [0.717, 1.165) is 50.2 Å². The molecule has 0 radical (unpaired) electrons. The molecule has 0 spiro atoms. The van der Waals surface area contributed by atoms with Crippen LogP contribution >= 0.6 is 12.4 Å². The number of rotatable bonds is 8. The minimum Gasteiger partial charge on any atom is -0.492 e. The minimum atomic E-state index is -0.738. The highest BCUT2D eigenvalue weighted by Crippen LogP contribution is 2.25. The van der Waals surface area contributed by atoms with Crippen molar-refractivity contribution in [2.75, 3.05) is 39.3 Å². The van der Waals surface area contributed by atoms with Crippen LogP contribution in [0.1, 0.15) is 19.8 Å². The third-order valence-corrected chi connectivity index (χ3v) is 5.23. The number of carboxylic acid groups (broad SMARTS) is 1. The maximum atomic E-state index is 11.0. The van der Waals surface area contributed by atoms with Crippen LogP contribution in [0.4, 0.5) is 0 Å². The summed E-state index contributed by atoms with van der Waals surface area (Å²) in [6.45, 7) is 6.55. The number of ether oxygens (including phenoxy) is 1. The van der Waals surface area contributed by atoms with Gasteiger partial charge in [0.25, 0.3) is 0 Å². The van der Waals surface area contributed by atoms with Crippen LogP contribution in [0, 0.1) is 0 Å². The molecule has 2 aromatic carbocycles. The van der Waals surface area contributed by atoms with Crippen molar-refractivity contribution in [2.24, 2.45) is 0 Å². The van der Waals surface area contributed by atoms with E-state index < -0.39 is 5.97 Å². The lowest BCUT2D eigenvalue weighted by Gasteiger charge is -2.37. The average molecular weight is 393 g/mol. The molecule has 1 saturated heterocycles. The smallest absolute Gasteiger partial charge is 0.317 e. The number of likely N-dealkylation sites (N-methyl/N-ethyl adjacent to an activating group) is 1. The Balaban J connectivity index is 0.00000261. The molecule has 1 heterocycles. The second-order valence-corrected chi connectivity index (χ2v) is 6.86. The molecule has 0 atom stereocenters. The summed E-state index contributed by atoms with van der Waals surface area (Å²) >= 11 is 0. The first kappa shape index (κ1) is 21.5. The van der Waals surface area contributed by atoms with E-state index >= 15 is 0 Å². The van der Waals surface area contributed by atoms with Gasteiger partial charge in [-0.3, -0.25) is 14.6 Å². The standard InChI is InChI=1S/C21H28N2O3.ClH/c1-2-23(16-21(24)25)18-10-12-22(13-11-18)14-15-26-20-9-5-7-17-6-3-4-8-19(17)20;/h3-9,18H,2,10-16H2,1H3,(H,24,25);1H. The molecule has 1 fully saturated rings. The largest absolute Gasteiger partial charge is 0.492 e. The number of halogens is 1. The molecule has 3 rings (SSSR count). The van der Waals surface area contributed by atoms with Crippen molar-refractivity contribution in [3.05, 3.63) is 42.5 Å². The lowest BCUT2D eigenvalue weighted by Crippen LogP contribution is -2.47. The molecular formula is C21H29ClN2O3. The first-order valence-corrected chi connectivity index (χ1v) is 9.46. The summed E-state index contributed by atoms with van der Waals surface area (Å²) in [5.41, 5.74) is 0. The molecule has 1 N–H and O–H groups in total. The highest BCUT2D eigenvalue weighted by Gasteiger charge is 2.24. The number of carbonyl (C=O) groups is 1.